The minimum absolute atomic E-state index is 0.525. The largest absolute Gasteiger partial charge is 0.399 e. The van der Waals surface area contributed by atoms with E-state index in [2.05, 4.69) is 36.3 Å². The number of tetrazole rings is 1. The topological polar surface area (TPSA) is 69.6 Å². The van der Waals surface area contributed by atoms with E-state index < -0.39 is 0 Å². The smallest absolute Gasteiger partial charge is 0.182 e. The van der Waals surface area contributed by atoms with Crippen molar-refractivity contribution in [2.75, 3.05) is 5.73 Å². The molecular weight excluding hydrogens is 238 g/mol. The molecule has 0 aliphatic carbocycles. The number of nitrogen functional groups attached to an aromatic ring is 1. The fourth-order valence-electron chi connectivity index (χ4n) is 1.83. The van der Waals surface area contributed by atoms with Gasteiger partial charge in [-0.3, -0.25) is 0 Å². The molecule has 0 fully saturated rings. The zero-order valence-electron chi connectivity index (χ0n) is 12.0. The molecule has 0 saturated heterocycles. The van der Waals surface area contributed by atoms with Gasteiger partial charge in [0.05, 0.1) is 0 Å². The predicted molar refractivity (Wildman–Crippen MR) is 76.4 cm³/mol. The SMILES string of the molecule is Cc1cc(-c2nnnn2CC(C)C(C)C)ccc1N. The van der Waals surface area contributed by atoms with Crippen molar-refractivity contribution in [1.82, 2.24) is 20.2 Å². The first-order chi connectivity index (χ1) is 8.99. The fourth-order valence-corrected chi connectivity index (χ4v) is 1.83. The van der Waals surface area contributed by atoms with Gasteiger partial charge >= 0.3 is 0 Å². The summed E-state index contributed by atoms with van der Waals surface area (Å²) in [6.45, 7) is 9.45. The molecule has 5 heteroatoms. The molecule has 2 rings (SSSR count). The molecule has 2 N–H and O–H groups in total. The fraction of sp³-hybridized carbons (Fsp3) is 0.500. The Morgan fingerprint density at radius 1 is 1.26 bits per heavy atom. The number of benzene rings is 1. The molecule has 19 heavy (non-hydrogen) atoms. The lowest BCUT2D eigenvalue weighted by Gasteiger charge is -2.15. The van der Waals surface area contributed by atoms with Crippen LogP contribution in [0.2, 0.25) is 0 Å². The van der Waals surface area contributed by atoms with Crippen LogP contribution in [0.1, 0.15) is 26.3 Å². The van der Waals surface area contributed by atoms with Crippen molar-refractivity contribution in [3.8, 4) is 11.4 Å². The molecule has 0 saturated carbocycles. The van der Waals surface area contributed by atoms with Gasteiger partial charge < -0.3 is 5.73 Å². The molecular formula is C14H21N5. The van der Waals surface area contributed by atoms with Gasteiger partial charge in [0.15, 0.2) is 5.82 Å². The molecule has 1 atom stereocenters. The normalized spacial score (nSPS) is 12.9. The van der Waals surface area contributed by atoms with Gasteiger partial charge in [-0.2, -0.15) is 0 Å². The molecule has 2 aromatic rings. The van der Waals surface area contributed by atoms with Crippen LogP contribution < -0.4 is 5.73 Å². The number of nitrogens with two attached hydrogens (primary N) is 1. The Hall–Kier alpha value is -1.91. The third kappa shape index (κ3) is 2.92. The molecule has 1 heterocycles. The summed E-state index contributed by atoms with van der Waals surface area (Å²) >= 11 is 0. The lowest BCUT2D eigenvalue weighted by molar-refractivity contribution is 0.347. The van der Waals surface area contributed by atoms with Crippen molar-refractivity contribution in [3.05, 3.63) is 23.8 Å². The number of aryl methyl sites for hydroxylation is 1. The van der Waals surface area contributed by atoms with Gasteiger partial charge in [-0.25, -0.2) is 4.68 Å². The first-order valence-corrected chi connectivity index (χ1v) is 6.61. The second-order valence-electron chi connectivity index (χ2n) is 5.48. The molecule has 0 bridgehead atoms. The third-order valence-electron chi connectivity index (χ3n) is 3.66. The Morgan fingerprint density at radius 2 is 2.00 bits per heavy atom. The van der Waals surface area contributed by atoms with Crippen LogP contribution in [0.15, 0.2) is 18.2 Å². The summed E-state index contributed by atoms with van der Waals surface area (Å²) in [7, 11) is 0. The van der Waals surface area contributed by atoms with Crippen LogP contribution in [0.25, 0.3) is 11.4 Å². The second kappa shape index (κ2) is 5.38. The van der Waals surface area contributed by atoms with Gasteiger partial charge in [0.1, 0.15) is 0 Å². The summed E-state index contributed by atoms with van der Waals surface area (Å²) in [5.74, 6) is 1.93. The van der Waals surface area contributed by atoms with E-state index in [1.807, 2.05) is 29.8 Å². The van der Waals surface area contributed by atoms with Crippen LogP contribution >= 0.6 is 0 Å². The van der Waals surface area contributed by atoms with E-state index in [0.29, 0.717) is 11.8 Å². The maximum absolute atomic E-state index is 5.84. The highest BCUT2D eigenvalue weighted by atomic mass is 15.5. The molecule has 1 aromatic heterocycles. The minimum Gasteiger partial charge on any atom is -0.399 e. The standard InChI is InChI=1S/C14H21N5/c1-9(2)11(4)8-19-14(16-17-18-19)12-5-6-13(15)10(3)7-12/h5-7,9,11H,8,15H2,1-4H3. The summed E-state index contributed by atoms with van der Waals surface area (Å²) in [6, 6.07) is 5.89. The van der Waals surface area contributed by atoms with E-state index in [4.69, 9.17) is 5.73 Å². The highest BCUT2D eigenvalue weighted by Crippen LogP contribution is 2.22. The molecule has 1 aromatic carbocycles. The van der Waals surface area contributed by atoms with E-state index in [-0.39, 0.29) is 0 Å². The number of hydrogen-bond acceptors (Lipinski definition) is 4. The zero-order chi connectivity index (χ0) is 14.0. The summed E-state index contributed by atoms with van der Waals surface area (Å²) < 4.78 is 1.87. The summed E-state index contributed by atoms with van der Waals surface area (Å²) in [6.07, 6.45) is 0. The summed E-state index contributed by atoms with van der Waals surface area (Å²) in [5.41, 5.74) is 8.68. The van der Waals surface area contributed by atoms with E-state index in [1.165, 1.54) is 0 Å². The van der Waals surface area contributed by atoms with Crippen molar-refractivity contribution in [2.24, 2.45) is 11.8 Å². The monoisotopic (exact) mass is 259 g/mol. The van der Waals surface area contributed by atoms with Gasteiger partial charge in [0.2, 0.25) is 0 Å². The number of anilines is 1. The Balaban J connectivity index is 2.30. The Labute approximate surface area is 113 Å². The first-order valence-electron chi connectivity index (χ1n) is 6.61. The highest BCUT2D eigenvalue weighted by molar-refractivity contribution is 5.61. The number of rotatable bonds is 4. The summed E-state index contributed by atoms with van der Waals surface area (Å²) in [4.78, 5) is 0. The Kier molecular flexibility index (Phi) is 3.83. The van der Waals surface area contributed by atoms with E-state index in [1.54, 1.807) is 0 Å². The molecule has 0 amide bonds. The average Bonchev–Trinajstić information content (AvgIpc) is 2.80. The van der Waals surface area contributed by atoms with Crippen LogP contribution in [-0.2, 0) is 6.54 Å². The van der Waals surface area contributed by atoms with Crippen LogP contribution in [0.4, 0.5) is 5.69 Å². The quantitative estimate of drug-likeness (QED) is 0.856. The average molecular weight is 259 g/mol. The third-order valence-corrected chi connectivity index (χ3v) is 3.66. The highest BCUT2D eigenvalue weighted by Gasteiger charge is 2.14. The lowest BCUT2D eigenvalue weighted by atomic mass is 9.98. The van der Waals surface area contributed by atoms with Gasteiger partial charge in [-0.15, -0.1) is 5.10 Å². The Morgan fingerprint density at radius 3 is 2.63 bits per heavy atom. The molecule has 0 spiro atoms. The van der Waals surface area contributed by atoms with Gasteiger partial charge in [-0.05, 0) is 52.9 Å². The van der Waals surface area contributed by atoms with Gasteiger partial charge in [0.25, 0.3) is 0 Å². The van der Waals surface area contributed by atoms with Crippen LogP contribution in [0, 0.1) is 18.8 Å². The second-order valence-corrected chi connectivity index (χ2v) is 5.48. The summed E-state index contributed by atoms with van der Waals surface area (Å²) in [5, 5.41) is 12.0. The van der Waals surface area contributed by atoms with Crippen molar-refractivity contribution in [3.63, 3.8) is 0 Å². The zero-order valence-corrected chi connectivity index (χ0v) is 12.0. The molecule has 0 radical (unpaired) electrons. The first kappa shape index (κ1) is 13.5. The Bertz CT molecular complexity index is 559. The van der Waals surface area contributed by atoms with Crippen molar-refractivity contribution >= 4 is 5.69 Å². The number of hydrogen-bond donors (Lipinski definition) is 1. The van der Waals surface area contributed by atoms with E-state index in [0.717, 1.165) is 29.2 Å². The number of nitrogens with zero attached hydrogens (tertiary/aromatic N) is 4. The molecule has 5 nitrogen and oxygen atoms in total. The molecule has 102 valence electrons. The van der Waals surface area contributed by atoms with Crippen molar-refractivity contribution in [2.45, 2.75) is 34.2 Å². The molecule has 0 aliphatic heterocycles. The van der Waals surface area contributed by atoms with Gasteiger partial charge in [-0.1, -0.05) is 20.8 Å². The predicted octanol–water partition coefficient (Wildman–Crippen LogP) is 2.52. The number of aromatic nitrogens is 4. The van der Waals surface area contributed by atoms with E-state index >= 15 is 0 Å². The van der Waals surface area contributed by atoms with Crippen LogP contribution in [0.3, 0.4) is 0 Å². The molecule has 0 aliphatic rings. The van der Waals surface area contributed by atoms with Crippen LogP contribution in [0.5, 0.6) is 0 Å². The van der Waals surface area contributed by atoms with Crippen LogP contribution in [-0.4, -0.2) is 20.2 Å². The minimum atomic E-state index is 0.525. The van der Waals surface area contributed by atoms with E-state index in [9.17, 15) is 0 Å². The maximum atomic E-state index is 5.84. The lowest BCUT2D eigenvalue weighted by Crippen LogP contribution is -2.15. The van der Waals surface area contributed by atoms with Gasteiger partial charge in [0, 0.05) is 17.8 Å². The van der Waals surface area contributed by atoms with Crippen molar-refractivity contribution in [1.29, 1.82) is 0 Å². The van der Waals surface area contributed by atoms with Crippen molar-refractivity contribution < 1.29 is 0 Å². The maximum Gasteiger partial charge on any atom is 0.182 e. The molecule has 1 unspecified atom stereocenters.